The van der Waals surface area contributed by atoms with Gasteiger partial charge in [-0.05, 0) is 136 Å². The Balaban J connectivity index is 0.680. The van der Waals surface area contributed by atoms with Crippen LogP contribution in [0.2, 0.25) is 0 Å². The SMILES string of the molecule is Cc1c(OC2CCC(CC[C@@H](C)N3CCN(c4cccc5c(C6CCC(=O)NC6=O)nn(C)c45)CC3)CC2)cccc1-c1ccc(N2CCc3cccc(C(=O)Nc4nc5ccccc5s4)c3C2)nc1C(=O)O. The molecule has 73 heavy (non-hydrogen) atoms. The second-order valence-corrected chi connectivity index (χ2v) is 21.3. The van der Waals surface area contributed by atoms with E-state index in [0.29, 0.717) is 66.4 Å². The van der Waals surface area contributed by atoms with E-state index in [9.17, 15) is 24.3 Å². The molecule has 376 valence electrons. The Kier molecular flexibility index (Phi) is 13.4. The van der Waals surface area contributed by atoms with Crippen molar-refractivity contribution in [1.82, 2.24) is 30.0 Å². The molecule has 7 aromatic rings. The van der Waals surface area contributed by atoms with Crippen LogP contribution >= 0.6 is 11.3 Å². The van der Waals surface area contributed by atoms with Gasteiger partial charge in [0.15, 0.2) is 10.8 Å². The highest BCUT2D eigenvalue weighted by molar-refractivity contribution is 7.22. The topological polar surface area (TPSA) is 175 Å². The van der Waals surface area contributed by atoms with Crippen molar-refractivity contribution in [2.75, 3.05) is 47.8 Å². The number of pyridine rings is 1. The number of carboxylic acid groups (broad SMARTS) is 1. The predicted octanol–water partition coefficient (Wildman–Crippen LogP) is 9.52. The Morgan fingerprint density at radius 3 is 2.44 bits per heavy atom. The minimum Gasteiger partial charge on any atom is -0.490 e. The number of aromatic nitrogens is 4. The summed E-state index contributed by atoms with van der Waals surface area (Å²) < 4.78 is 9.61. The van der Waals surface area contributed by atoms with Crippen molar-refractivity contribution in [3.05, 3.63) is 125 Å². The van der Waals surface area contributed by atoms with E-state index in [4.69, 9.17) is 14.8 Å². The van der Waals surface area contributed by atoms with Gasteiger partial charge in [0, 0.05) is 75.3 Å². The van der Waals surface area contributed by atoms with Gasteiger partial charge in [0.1, 0.15) is 11.6 Å². The molecular formula is C57H61N9O6S. The summed E-state index contributed by atoms with van der Waals surface area (Å²) in [7, 11) is 1.94. The van der Waals surface area contributed by atoms with Gasteiger partial charge in [0.25, 0.3) is 5.91 Å². The first-order valence-corrected chi connectivity index (χ1v) is 26.6. The Morgan fingerprint density at radius 1 is 0.849 bits per heavy atom. The second kappa shape index (κ2) is 20.4. The van der Waals surface area contributed by atoms with Crippen molar-refractivity contribution in [2.45, 2.75) is 96.2 Å². The Labute approximate surface area is 428 Å². The molecule has 0 bridgehead atoms. The molecule has 4 aromatic carbocycles. The fourth-order valence-electron chi connectivity index (χ4n) is 11.7. The summed E-state index contributed by atoms with van der Waals surface area (Å²) in [6, 6.07) is 29.9. The van der Waals surface area contributed by atoms with Gasteiger partial charge in [-0.3, -0.25) is 34.6 Å². The highest BCUT2D eigenvalue weighted by atomic mass is 32.1. The molecule has 11 rings (SSSR count). The number of hydrogen-bond acceptors (Lipinski definition) is 12. The molecule has 1 aliphatic carbocycles. The minimum atomic E-state index is -1.10. The zero-order valence-corrected chi connectivity index (χ0v) is 42.4. The smallest absolute Gasteiger partial charge is 0.355 e. The van der Waals surface area contributed by atoms with Gasteiger partial charge >= 0.3 is 5.97 Å². The van der Waals surface area contributed by atoms with Crippen LogP contribution in [0.3, 0.4) is 0 Å². The van der Waals surface area contributed by atoms with Crippen molar-refractivity contribution in [2.24, 2.45) is 13.0 Å². The number of piperazine rings is 1. The average molecular weight is 1000 g/mol. The molecule has 1 saturated carbocycles. The number of para-hydroxylation sites is 2. The lowest BCUT2D eigenvalue weighted by atomic mass is 9.83. The number of nitrogens with zero attached hydrogens (tertiary/aromatic N) is 7. The number of piperidine rings is 1. The van der Waals surface area contributed by atoms with Gasteiger partial charge in [0.05, 0.1) is 39.1 Å². The number of aryl methyl sites for hydroxylation is 1. The quantitative estimate of drug-likeness (QED) is 0.0935. The molecule has 0 spiro atoms. The third-order valence-corrected chi connectivity index (χ3v) is 16.8. The summed E-state index contributed by atoms with van der Waals surface area (Å²) in [6.45, 7) is 9.19. The first kappa shape index (κ1) is 48.1. The van der Waals surface area contributed by atoms with Gasteiger partial charge in [-0.15, -0.1) is 0 Å². The molecule has 2 atom stereocenters. The normalized spacial score (nSPS) is 20.0. The van der Waals surface area contributed by atoms with E-state index in [2.05, 4.69) is 44.5 Å². The molecule has 2 saturated heterocycles. The van der Waals surface area contributed by atoms with Crippen LogP contribution in [0, 0.1) is 12.8 Å². The van der Waals surface area contributed by atoms with Crippen LogP contribution in [0.1, 0.15) is 107 Å². The Hall–Kier alpha value is -7.17. The van der Waals surface area contributed by atoms with Crippen molar-refractivity contribution in [3.63, 3.8) is 0 Å². The summed E-state index contributed by atoms with van der Waals surface area (Å²) in [5, 5.41) is 22.4. The minimum absolute atomic E-state index is 0.0218. The maximum atomic E-state index is 13.7. The van der Waals surface area contributed by atoms with E-state index in [1.807, 2.05) is 102 Å². The van der Waals surface area contributed by atoms with Crippen molar-refractivity contribution in [1.29, 1.82) is 0 Å². The van der Waals surface area contributed by atoms with Gasteiger partial charge in [-0.2, -0.15) is 5.10 Å². The third-order valence-electron chi connectivity index (χ3n) is 15.8. The molecule has 4 aliphatic rings. The Morgan fingerprint density at radius 2 is 1.64 bits per heavy atom. The molecule has 6 heterocycles. The highest BCUT2D eigenvalue weighted by Crippen LogP contribution is 2.39. The zero-order chi connectivity index (χ0) is 50.3. The van der Waals surface area contributed by atoms with E-state index in [0.717, 1.165) is 119 Å². The largest absolute Gasteiger partial charge is 0.490 e. The van der Waals surface area contributed by atoms with Gasteiger partial charge in [-0.1, -0.05) is 59.9 Å². The first-order chi connectivity index (χ1) is 35.4. The molecule has 3 N–H and O–H groups in total. The monoisotopic (exact) mass is 999 g/mol. The number of fused-ring (bicyclic) bond motifs is 3. The van der Waals surface area contributed by atoms with Crippen LogP contribution in [0.15, 0.2) is 91.0 Å². The third kappa shape index (κ3) is 9.77. The lowest BCUT2D eigenvalue weighted by molar-refractivity contribution is -0.134. The molecule has 1 unspecified atom stereocenters. The van der Waals surface area contributed by atoms with Gasteiger partial charge in [0.2, 0.25) is 11.8 Å². The number of carbonyl (C=O) groups is 4. The van der Waals surface area contributed by atoms with E-state index in [1.165, 1.54) is 17.8 Å². The number of amides is 3. The van der Waals surface area contributed by atoms with Gasteiger partial charge in [-0.25, -0.2) is 14.8 Å². The van der Waals surface area contributed by atoms with E-state index in [1.54, 1.807) is 0 Å². The first-order valence-electron chi connectivity index (χ1n) is 25.8. The standard InChI is InChI=1S/C57H61N9O6S/c1-34(64-29-31-65(32-30-64)46-14-7-12-42-51(62-63(3)53(42)46)43-24-26-50(67)60-55(43)69)17-18-36-19-21-38(22-20-36)72-47-15-8-10-39(35(47)2)40-23-25-49(59-52(40)56(70)71)66-28-27-37-9-6-11-41(44(37)33-66)54(68)61-57-58-45-13-4-5-16-48(45)73-57/h4-16,23,25,34,36,38,43H,17-22,24,26-33H2,1-3H3,(H,70,71)(H,58,61,68)(H,60,67,69)/t34-,36?,38?,43?/m1/s1. The van der Waals surface area contributed by atoms with Crippen LogP contribution in [0.4, 0.5) is 16.6 Å². The number of rotatable bonds is 13. The van der Waals surface area contributed by atoms with E-state index >= 15 is 0 Å². The number of carboxylic acids is 1. The van der Waals surface area contributed by atoms with Crippen molar-refractivity contribution < 1.29 is 29.0 Å². The summed E-state index contributed by atoms with van der Waals surface area (Å²) in [4.78, 5) is 67.7. The number of carbonyl (C=O) groups excluding carboxylic acids is 3. The number of ether oxygens (including phenoxy) is 1. The fourth-order valence-corrected chi connectivity index (χ4v) is 12.6. The summed E-state index contributed by atoms with van der Waals surface area (Å²) >= 11 is 1.44. The van der Waals surface area contributed by atoms with Crippen molar-refractivity contribution in [3.8, 4) is 16.9 Å². The van der Waals surface area contributed by atoms with Crippen LogP contribution in [-0.2, 0) is 29.6 Å². The Bertz CT molecular complexity index is 3230. The fraction of sp³-hybridized carbons (Fsp3) is 0.386. The van der Waals surface area contributed by atoms with Crippen molar-refractivity contribution >= 4 is 72.8 Å². The predicted molar refractivity (Wildman–Crippen MR) is 285 cm³/mol. The molecule has 16 heteroatoms. The number of anilines is 3. The maximum absolute atomic E-state index is 13.7. The van der Waals surface area contributed by atoms with Crippen LogP contribution in [-0.4, -0.2) is 98.3 Å². The number of aromatic carboxylic acids is 1. The molecule has 15 nitrogen and oxygen atoms in total. The lowest BCUT2D eigenvalue weighted by Gasteiger charge is -2.40. The highest BCUT2D eigenvalue weighted by Gasteiger charge is 2.34. The van der Waals surface area contributed by atoms with Crippen LogP contribution in [0.25, 0.3) is 32.2 Å². The number of imide groups is 1. The summed E-state index contributed by atoms with van der Waals surface area (Å²) in [6.07, 6.45) is 8.11. The molecule has 3 fully saturated rings. The number of benzene rings is 4. The van der Waals surface area contributed by atoms with Crippen LogP contribution < -0.4 is 25.2 Å². The van der Waals surface area contributed by atoms with Crippen LogP contribution in [0.5, 0.6) is 5.75 Å². The molecule has 0 radical (unpaired) electrons. The number of thiazole rings is 1. The molecule has 3 amide bonds. The maximum Gasteiger partial charge on any atom is 0.355 e. The summed E-state index contributed by atoms with van der Waals surface area (Å²) in [5.74, 6) is -0.263. The molecule has 3 aliphatic heterocycles. The van der Waals surface area contributed by atoms with E-state index in [-0.39, 0.29) is 29.5 Å². The average Bonchev–Trinajstić information content (AvgIpc) is 3.98. The second-order valence-electron chi connectivity index (χ2n) is 20.3. The molecule has 3 aromatic heterocycles. The van der Waals surface area contributed by atoms with E-state index < -0.39 is 11.9 Å². The lowest BCUT2D eigenvalue weighted by Crippen LogP contribution is -2.49. The number of nitrogens with one attached hydrogen (secondary N) is 2. The summed E-state index contributed by atoms with van der Waals surface area (Å²) in [5.41, 5.74) is 8.49. The molecular weight excluding hydrogens is 939 g/mol. The zero-order valence-electron chi connectivity index (χ0n) is 41.6. The van der Waals surface area contributed by atoms with Gasteiger partial charge < -0.3 is 19.6 Å². The number of hydrogen-bond donors (Lipinski definition) is 3.